The van der Waals surface area contributed by atoms with Crippen LogP contribution in [-0.2, 0) is 32.3 Å². The molecule has 0 saturated carbocycles. The molecule has 0 saturated heterocycles. The Morgan fingerprint density at radius 1 is 0.977 bits per heavy atom. The van der Waals surface area contributed by atoms with Crippen LogP contribution in [0.3, 0.4) is 0 Å². The lowest BCUT2D eigenvalue weighted by atomic mass is 10.1. The zero-order chi connectivity index (χ0) is 31.8. The molecule has 0 unspecified atom stereocenters. The van der Waals surface area contributed by atoms with E-state index in [0.29, 0.717) is 16.9 Å². The van der Waals surface area contributed by atoms with E-state index in [1.54, 1.807) is 25.1 Å². The molecule has 7 nitrogen and oxygen atoms in total. The number of nitrogens with zero attached hydrogens (tertiary/aromatic N) is 2. The third-order valence-corrected chi connectivity index (χ3v) is 9.09. The average Bonchev–Trinajstić information content (AvgIpc) is 2.97. The quantitative estimate of drug-likeness (QED) is 0.214. The molecule has 1 atom stereocenters. The van der Waals surface area contributed by atoms with Gasteiger partial charge in [-0.3, -0.25) is 13.9 Å². The maximum absolute atomic E-state index is 14.1. The van der Waals surface area contributed by atoms with Crippen molar-refractivity contribution in [1.82, 2.24) is 10.2 Å². The van der Waals surface area contributed by atoms with E-state index in [1.807, 2.05) is 26.0 Å². The minimum atomic E-state index is -4.87. The smallest absolute Gasteiger partial charge is 0.354 e. The van der Waals surface area contributed by atoms with Crippen LogP contribution in [0, 0.1) is 6.92 Å². The lowest BCUT2D eigenvalue weighted by molar-refractivity contribution is -0.140. The number of hydrogen-bond donors (Lipinski definition) is 1. The monoisotopic (exact) mass is 637 g/mol. The number of carbonyl (C=O) groups excluding carboxylic acids is 2. The summed E-state index contributed by atoms with van der Waals surface area (Å²) in [5.41, 5.74) is -0.0575. The summed E-state index contributed by atoms with van der Waals surface area (Å²) in [4.78, 5) is 28.4. The Morgan fingerprint density at radius 2 is 1.63 bits per heavy atom. The number of sulfonamides is 1. The Balaban J connectivity index is 2.12. The molecule has 43 heavy (non-hydrogen) atoms. The Hall–Kier alpha value is -3.57. The van der Waals surface area contributed by atoms with Gasteiger partial charge in [0.25, 0.3) is 10.0 Å². The molecule has 232 valence electrons. The maximum Gasteiger partial charge on any atom is 0.417 e. The molecule has 3 rings (SSSR count). The number of benzene rings is 3. The molecule has 0 aromatic heterocycles. The van der Waals surface area contributed by atoms with Crippen molar-refractivity contribution in [2.45, 2.75) is 63.7 Å². The molecule has 0 spiro atoms. The second-order valence-electron chi connectivity index (χ2n) is 10.0. The average molecular weight is 638 g/mol. The molecule has 0 aliphatic rings. The Morgan fingerprint density at radius 3 is 2.23 bits per heavy atom. The van der Waals surface area contributed by atoms with Crippen molar-refractivity contribution < 1.29 is 31.2 Å². The highest BCUT2D eigenvalue weighted by molar-refractivity contribution is 7.92. The number of anilines is 1. The fraction of sp³-hybridized carbons (Fsp3) is 0.355. The molecule has 3 aromatic rings. The van der Waals surface area contributed by atoms with Crippen LogP contribution >= 0.6 is 11.6 Å². The molecule has 0 fully saturated rings. The number of carbonyl (C=O) groups is 2. The Labute approximate surface area is 255 Å². The molecule has 12 heteroatoms. The molecule has 0 heterocycles. The van der Waals surface area contributed by atoms with Crippen molar-refractivity contribution in [3.8, 4) is 0 Å². The number of aryl methyl sites for hydroxylation is 1. The Kier molecular flexibility index (Phi) is 11.6. The van der Waals surface area contributed by atoms with E-state index >= 15 is 0 Å². The summed E-state index contributed by atoms with van der Waals surface area (Å²) in [6, 6.07) is 16.1. The molecule has 0 aliphatic heterocycles. The van der Waals surface area contributed by atoms with Gasteiger partial charge < -0.3 is 10.2 Å². The van der Waals surface area contributed by atoms with Crippen molar-refractivity contribution in [2.24, 2.45) is 0 Å². The summed E-state index contributed by atoms with van der Waals surface area (Å²) in [5.74, 6) is -1.16. The molecule has 3 aromatic carbocycles. The van der Waals surface area contributed by atoms with Crippen molar-refractivity contribution in [2.75, 3.05) is 17.4 Å². The summed E-state index contributed by atoms with van der Waals surface area (Å²) < 4.78 is 69.7. The number of alkyl halides is 3. The van der Waals surface area contributed by atoms with Gasteiger partial charge in [0.15, 0.2) is 0 Å². The molecular formula is C31H35ClF3N3O4S. The second kappa shape index (κ2) is 14.7. The van der Waals surface area contributed by atoms with Crippen molar-refractivity contribution in [3.05, 3.63) is 94.5 Å². The summed E-state index contributed by atoms with van der Waals surface area (Å²) in [5, 5.41) is 2.22. The number of nitrogens with one attached hydrogen (secondary N) is 1. The van der Waals surface area contributed by atoms with Crippen LogP contribution in [0.1, 0.15) is 49.8 Å². The predicted octanol–water partition coefficient (Wildman–Crippen LogP) is 6.59. The zero-order valence-corrected chi connectivity index (χ0v) is 25.8. The van der Waals surface area contributed by atoms with Gasteiger partial charge in [0, 0.05) is 13.1 Å². The van der Waals surface area contributed by atoms with Gasteiger partial charge >= 0.3 is 6.18 Å². The summed E-state index contributed by atoms with van der Waals surface area (Å²) >= 11 is 5.82. The van der Waals surface area contributed by atoms with Crippen LogP contribution in [-0.4, -0.2) is 44.3 Å². The van der Waals surface area contributed by atoms with E-state index in [1.165, 1.54) is 29.2 Å². The minimum absolute atomic E-state index is 0.0150. The predicted molar refractivity (Wildman–Crippen MR) is 161 cm³/mol. The van der Waals surface area contributed by atoms with Crippen LogP contribution in [0.5, 0.6) is 0 Å². The number of halogens is 4. The van der Waals surface area contributed by atoms with E-state index in [9.17, 15) is 31.2 Å². The van der Waals surface area contributed by atoms with Crippen LogP contribution in [0.15, 0.2) is 77.7 Å². The van der Waals surface area contributed by atoms with Gasteiger partial charge in [0.05, 0.1) is 21.2 Å². The molecule has 0 bridgehead atoms. The highest BCUT2D eigenvalue weighted by atomic mass is 35.5. The maximum atomic E-state index is 14.1. The van der Waals surface area contributed by atoms with Gasteiger partial charge in [-0.25, -0.2) is 8.42 Å². The minimum Gasteiger partial charge on any atom is -0.354 e. The first-order chi connectivity index (χ1) is 20.3. The molecule has 2 amide bonds. The van der Waals surface area contributed by atoms with E-state index < -0.39 is 56.9 Å². The van der Waals surface area contributed by atoms with Crippen LogP contribution in [0.25, 0.3) is 0 Å². The topological polar surface area (TPSA) is 86.8 Å². The third kappa shape index (κ3) is 8.51. The summed E-state index contributed by atoms with van der Waals surface area (Å²) in [7, 11) is -4.53. The van der Waals surface area contributed by atoms with Crippen LogP contribution in [0.4, 0.5) is 18.9 Å². The number of unbranched alkanes of at least 4 members (excludes halogenated alkanes) is 1. The molecule has 1 N–H and O–H groups in total. The van der Waals surface area contributed by atoms with E-state index in [-0.39, 0.29) is 17.9 Å². The lowest BCUT2D eigenvalue weighted by Crippen LogP contribution is -2.52. The Bertz CT molecular complexity index is 1520. The van der Waals surface area contributed by atoms with Gasteiger partial charge in [0.2, 0.25) is 11.8 Å². The summed E-state index contributed by atoms with van der Waals surface area (Å²) in [6.07, 6.45) is -3.08. The molecule has 0 aliphatic carbocycles. The number of hydrogen-bond acceptors (Lipinski definition) is 4. The van der Waals surface area contributed by atoms with E-state index in [0.717, 1.165) is 36.1 Å². The summed E-state index contributed by atoms with van der Waals surface area (Å²) in [6.45, 7) is 5.08. The standard InChI is InChI=1S/C31H35ClF3N3O4S/c1-4-6-18-36-30(40)28(5-2)37(20-23-13-11-10-12-22(23)3)29(39)21-38(43(41,42)25-14-8-7-9-15-25)24-16-17-27(32)26(19-24)31(33,34)35/h7-17,19,28H,4-6,18,20-21H2,1-3H3,(H,36,40)/t28-/m0/s1. The zero-order valence-electron chi connectivity index (χ0n) is 24.2. The van der Waals surface area contributed by atoms with Gasteiger partial charge in [0.1, 0.15) is 12.6 Å². The first kappa shape index (κ1) is 33.9. The van der Waals surface area contributed by atoms with Crippen molar-refractivity contribution >= 4 is 39.1 Å². The third-order valence-electron chi connectivity index (χ3n) is 6.97. The normalized spacial score (nSPS) is 12.4. The lowest BCUT2D eigenvalue weighted by Gasteiger charge is -2.33. The van der Waals surface area contributed by atoms with Gasteiger partial charge in [-0.05, 0) is 61.2 Å². The first-order valence-electron chi connectivity index (χ1n) is 13.9. The van der Waals surface area contributed by atoms with Gasteiger partial charge in [-0.15, -0.1) is 0 Å². The van der Waals surface area contributed by atoms with E-state index in [4.69, 9.17) is 11.6 Å². The van der Waals surface area contributed by atoms with Crippen molar-refractivity contribution in [3.63, 3.8) is 0 Å². The fourth-order valence-corrected chi connectivity index (χ4v) is 6.18. The van der Waals surface area contributed by atoms with Crippen molar-refractivity contribution in [1.29, 1.82) is 0 Å². The largest absolute Gasteiger partial charge is 0.417 e. The van der Waals surface area contributed by atoms with Crippen LogP contribution < -0.4 is 9.62 Å². The molecular weight excluding hydrogens is 603 g/mol. The SMILES string of the molecule is CCCCNC(=O)[C@H](CC)N(Cc1ccccc1C)C(=O)CN(c1ccc(Cl)c(C(F)(F)F)c1)S(=O)(=O)c1ccccc1. The number of amides is 2. The second-order valence-corrected chi connectivity index (χ2v) is 12.3. The van der Waals surface area contributed by atoms with Gasteiger partial charge in [-0.1, -0.05) is 74.3 Å². The van der Waals surface area contributed by atoms with E-state index in [2.05, 4.69) is 5.32 Å². The highest BCUT2D eigenvalue weighted by Crippen LogP contribution is 2.38. The highest BCUT2D eigenvalue weighted by Gasteiger charge is 2.37. The molecule has 0 radical (unpaired) electrons. The fourth-order valence-electron chi connectivity index (χ4n) is 4.53. The van der Waals surface area contributed by atoms with Gasteiger partial charge in [-0.2, -0.15) is 13.2 Å². The first-order valence-corrected chi connectivity index (χ1v) is 15.7. The van der Waals surface area contributed by atoms with Crippen LogP contribution in [0.2, 0.25) is 5.02 Å². The number of rotatable bonds is 13.